The van der Waals surface area contributed by atoms with E-state index >= 15 is 0 Å². The van der Waals surface area contributed by atoms with Gasteiger partial charge in [-0.1, -0.05) is 36.0 Å². The predicted molar refractivity (Wildman–Crippen MR) is 87.9 cm³/mol. The molecule has 0 saturated heterocycles. The Hall–Kier alpha value is -2.40. The van der Waals surface area contributed by atoms with Crippen molar-refractivity contribution in [2.45, 2.75) is 6.92 Å². The normalized spacial score (nSPS) is 10.2. The summed E-state index contributed by atoms with van der Waals surface area (Å²) in [5.41, 5.74) is 8.06. The van der Waals surface area contributed by atoms with E-state index in [-0.39, 0.29) is 22.2 Å². The third kappa shape index (κ3) is 3.03. The highest BCUT2D eigenvalue weighted by Crippen LogP contribution is 2.25. The molecule has 21 heavy (non-hydrogen) atoms. The number of hydrogen-bond acceptors (Lipinski definition) is 3. The predicted octanol–water partition coefficient (Wildman–Crippen LogP) is 2.61. The molecule has 0 unspecified atom stereocenters. The monoisotopic (exact) mass is 300 g/mol. The SMILES string of the molecule is Cc1ccc(O)c(C(=O)N(C)c2ccccc2C(N)=S)c1. The first kappa shape index (κ1) is 15.0. The molecule has 2 rings (SSSR count). The number of aryl methyl sites for hydroxylation is 1. The number of amides is 1. The average Bonchev–Trinajstić information content (AvgIpc) is 2.48. The summed E-state index contributed by atoms with van der Waals surface area (Å²) in [5.74, 6) is -0.370. The molecule has 2 aromatic rings. The van der Waals surface area contributed by atoms with Gasteiger partial charge in [-0.05, 0) is 31.2 Å². The van der Waals surface area contributed by atoms with Gasteiger partial charge in [0.1, 0.15) is 10.7 Å². The fourth-order valence-electron chi connectivity index (χ4n) is 2.09. The molecule has 0 spiro atoms. The highest BCUT2D eigenvalue weighted by molar-refractivity contribution is 7.80. The van der Waals surface area contributed by atoms with E-state index in [2.05, 4.69) is 0 Å². The third-order valence-corrected chi connectivity index (χ3v) is 3.44. The van der Waals surface area contributed by atoms with Crippen molar-refractivity contribution >= 4 is 28.8 Å². The lowest BCUT2D eigenvalue weighted by Crippen LogP contribution is -2.28. The van der Waals surface area contributed by atoms with E-state index in [0.717, 1.165) is 5.56 Å². The first-order valence-electron chi connectivity index (χ1n) is 6.38. The Morgan fingerprint density at radius 3 is 2.52 bits per heavy atom. The fourth-order valence-corrected chi connectivity index (χ4v) is 2.26. The summed E-state index contributed by atoms with van der Waals surface area (Å²) < 4.78 is 0. The minimum Gasteiger partial charge on any atom is -0.507 e. The zero-order chi connectivity index (χ0) is 15.6. The number of nitrogens with zero attached hydrogens (tertiary/aromatic N) is 1. The summed E-state index contributed by atoms with van der Waals surface area (Å²) in [6, 6.07) is 12.0. The second-order valence-electron chi connectivity index (χ2n) is 4.77. The van der Waals surface area contributed by atoms with Gasteiger partial charge in [0.15, 0.2) is 0 Å². The van der Waals surface area contributed by atoms with E-state index in [1.54, 1.807) is 43.4 Å². The molecule has 0 aliphatic carbocycles. The zero-order valence-electron chi connectivity index (χ0n) is 11.8. The second kappa shape index (κ2) is 5.93. The Labute approximate surface area is 128 Å². The second-order valence-corrected chi connectivity index (χ2v) is 5.21. The summed E-state index contributed by atoms with van der Waals surface area (Å²) in [6.07, 6.45) is 0. The van der Waals surface area contributed by atoms with Gasteiger partial charge in [0, 0.05) is 12.6 Å². The number of benzene rings is 2. The summed E-state index contributed by atoms with van der Waals surface area (Å²) in [4.78, 5) is 14.2. The van der Waals surface area contributed by atoms with Crippen LogP contribution in [0.5, 0.6) is 5.75 Å². The van der Waals surface area contributed by atoms with Crippen LogP contribution < -0.4 is 10.6 Å². The van der Waals surface area contributed by atoms with Gasteiger partial charge in [-0.3, -0.25) is 4.79 Å². The van der Waals surface area contributed by atoms with Crippen LogP contribution in [-0.2, 0) is 0 Å². The standard InChI is InChI=1S/C16H16N2O2S/c1-10-7-8-14(19)12(9-10)16(20)18(2)13-6-4-3-5-11(13)15(17)21/h3-9,19H,1-2H3,(H2,17,21). The number of aromatic hydroxyl groups is 1. The molecule has 0 aromatic heterocycles. The number of para-hydroxylation sites is 1. The lowest BCUT2D eigenvalue weighted by Gasteiger charge is -2.21. The zero-order valence-corrected chi connectivity index (χ0v) is 12.6. The van der Waals surface area contributed by atoms with Crippen LogP contribution in [0.1, 0.15) is 21.5 Å². The number of hydrogen-bond donors (Lipinski definition) is 2. The van der Waals surface area contributed by atoms with Crippen LogP contribution in [0.25, 0.3) is 0 Å². The number of anilines is 1. The molecule has 0 radical (unpaired) electrons. The van der Waals surface area contributed by atoms with E-state index in [4.69, 9.17) is 18.0 Å². The lowest BCUT2D eigenvalue weighted by atomic mass is 10.1. The van der Waals surface area contributed by atoms with Crippen LogP contribution in [0.3, 0.4) is 0 Å². The van der Waals surface area contributed by atoms with Crippen molar-refractivity contribution in [3.63, 3.8) is 0 Å². The molecular weight excluding hydrogens is 284 g/mol. The Morgan fingerprint density at radius 1 is 1.19 bits per heavy atom. The molecule has 5 heteroatoms. The molecule has 0 heterocycles. The Balaban J connectivity index is 2.45. The van der Waals surface area contributed by atoms with Crippen molar-refractivity contribution in [2.24, 2.45) is 5.73 Å². The van der Waals surface area contributed by atoms with Crippen LogP contribution in [-0.4, -0.2) is 23.0 Å². The van der Waals surface area contributed by atoms with Crippen molar-refractivity contribution in [2.75, 3.05) is 11.9 Å². The molecule has 108 valence electrons. The maximum Gasteiger partial charge on any atom is 0.261 e. The van der Waals surface area contributed by atoms with Gasteiger partial charge in [-0.15, -0.1) is 0 Å². The molecular formula is C16H16N2O2S. The first-order valence-corrected chi connectivity index (χ1v) is 6.79. The van der Waals surface area contributed by atoms with Gasteiger partial charge < -0.3 is 15.7 Å². The van der Waals surface area contributed by atoms with Gasteiger partial charge in [-0.25, -0.2) is 0 Å². The molecule has 4 nitrogen and oxygen atoms in total. The largest absolute Gasteiger partial charge is 0.507 e. The molecule has 0 bridgehead atoms. The highest BCUT2D eigenvalue weighted by Gasteiger charge is 2.19. The molecule has 0 saturated carbocycles. The van der Waals surface area contributed by atoms with E-state index in [1.807, 2.05) is 6.92 Å². The fraction of sp³-hybridized carbons (Fsp3) is 0.125. The Kier molecular flexibility index (Phi) is 4.23. The van der Waals surface area contributed by atoms with Gasteiger partial charge in [0.05, 0.1) is 11.3 Å². The van der Waals surface area contributed by atoms with Crippen LogP contribution in [0.2, 0.25) is 0 Å². The summed E-state index contributed by atoms with van der Waals surface area (Å²) in [5, 5.41) is 9.88. The van der Waals surface area contributed by atoms with Crippen molar-refractivity contribution < 1.29 is 9.90 Å². The summed E-state index contributed by atoms with van der Waals surface area (Å²) in [7, 11) is 1.63. The number of phenolic OH excluding ortho intramolecular Hbond substituents is 1. The number of thiocarbonyl (C=S) groups is 1. The van der Waals surface area contributed by atoms with Gasteiger partial charge in [-0.2, -0.15) is 0 Å². The van der Waals surface area contributed by atoms with Crippen molar-refractivity contribution in [1.29, 1.82) is 0 Å². The smallest absolute Gasteiger partial charge is 0.261 e. The minimum atomic E-state index is -0.320. The number of phenols is 1. The van der Waals surface area contributed by atoms with Crippen LogP contribution in [0.4, 0.5) is 5.69 Å². The van der Waals surface area contributed by atoms with Gasteiger partial charge in [0.25, 0.3) is 5.91 Å². The molecule has 0 aliphatic heterocycles. The van der Waals surface area contributed by atoms with Crippen LogP contribution in [0, 0.1) is 6.92 Å². The highest BCUT2D eigenvalue weighted by atomic mass is 32.1. The number of nitrogens with two attached hydrogens (primary N) is 1. The summed E-state index contributed by atoms with van der Waals surface area (Å²) >= 11 is 5.01. The quantitative estimate of drug-likeness (QED) is 0.855. The maximum atomic E-state index is 12.6. The van der Waals surface area contributed by atoms with E-state index in [0.29, 0.717) is 11.3 Å². The van der Waals surface area contributed by atoms with Gasteiger partial charge in [0.2, 0.25) is 0 Å². The maximum absolute atomic E-state index is 12.6. The molecule has 3 N–H and O–H groups in total. The lowest BCUT2D eigenvalue weighted by molar-refractivity contribution is 0.0990. The van der Waals surface area contributed by atoms with Crippen molar-refractivity contribution in [1.82, 2.24) is 0 Å². The van der Waals surface area contributed by atoms with Gasteiger partial charge >= 0.3 is 0 Å². The van der Waals surface area contributed by atoms with E-state index in [9.17, 15) is 9.90 Å². The average molecular weight is 300 g/mol. The number of carbonyl (C=O) groups is 1. The molecule has 1 amide bonds. The van der Waals surface area contributed by atoms with Crippen molar-refractivity contribution in [3.8, 4) is 5.75 Å². The Morgan fingerprint density at radius 2 is 1.86 bits per heavy atom. The van der Waals surface area contributed by atoms with E-state index < -0.39 is 0 Å². The minimum absolute atomic E-state index is 0.0507. The Bertz CT molecular complexity index is 713. The molecule has 0 aliphatic rings. The van der Waals surface area contributed by atoms with Crippen LogP contribution in [0.15, 0.2) is 42.5 Å². The van der Waals surface area contributed by atoms with Crippen molar-refractivity contribution in [3.05, 3.63) is 59.2 Å². The number of carbonyl (C=O) groups excluding carboxylic acids is 1. The molecule has 0 fully saturated rings. The first-order chi connectivity index (χ1) is 9.91. The third-order valence-electron chi connectivity index (χ3n) is 3.22. The summed E-state index contributed by atoms with van der Waals surface area (Å²) in [6.45, 7) is 1.86. The van der Waals surface area contributed by atoms with E-state index in [1.165, 1.54) is 11.0 Å². The van der Waals surface area contributed by atoms with Crippen LogP contribution >= 0.6 is 12.2 Å². The number of rotatable bonds is 3. The topological polar surface area (TPSA) is 66.6 Å². The molecule has 2 aromatic carbocycles. The molecule has 0 atom stereocenters.